The molecule has 2 rings (SSSR count). The highest BCUT2D eigenvalue weighted by molar-refractivity contribution is 5.75. The standard InChI is InChI=1S/C18H27FN2O2/c1-2-18(22)20-16-9-12-21(13-10-16)11-3-4-14-23-17-7-5-15(19)6-8-17/h5-8,16H,2-4,9-14H2,1H3,(H,20,22). The van der Waals surface area contributed by atoms with Crippen molar-refractivity contribution >= 4 is 5.91 Å². The van der Waals surface area contributed by atoms with Crippen LogP contribution in [0.1, 0.15) is 39.0 Å². The maximum atomic E-state index is 12.8. The molecule has 23 heavy (non-hydrogen) atoms. The smallest absolute Gasteiger partial charge is 0.219 e. The van der Waals surface area contributed by atoms with Crippen molar-refractivity contribution in [2.24, 2.45) is 0 Å². The highest BCUT2D eigenvalue weighted by atomic mass is 19.1. The number of benzene rings is 1. The van der Waals surface area contributed by atoms with Crippen molar-refractivity contribution < 1.29 is 13.9 Å². The van der Waals surface area contributed by atoms with Crippen LogP contribution in [0.3, 0.4) is 0 Å². The molecule has 1 aromatic carbocycles. The van der Waals surface area contributed by atoms with E-state index >= 15 is 0 Å². The normalized spacial score (nSPS) is 16.3. The number of nitrogens with zero attached hydrogens (tertiary/aromatic N) is 1. The number of rotatable bonds is 8. The second-order valence-electron chi connectivity index (χ2n) is 6.05. The summed E-state index contributed by atoms with van der Waals surface area (Å²) in [4.78, 5) is 13.8. The number of likely N-dealkylation sites (tertiary alicyclic amines) is 1. The Bertz CT molecular complexity index is 470. The second-order valence-corrected chi connectivity index (χ2v) is 6.05. The van der Waals surface area contributed by atoms with Crippen LogP contribution in [0, 0.1) is 5.82 Å². The fraction of sp³-hybridized carbons (Fsp3) is 0.611. The van der Waals surface area contributed by atoms with Crippen molar-refractivity contribution in [3.8, 4) is 5.75 Å². The minimum Gasteiger partial charge on any atom is -0.494 e. The maximum Gasteiger partial charge on any atom is 0.219 e. The van der Waals surface area contributed by atoms with Gasteiger partial charge in [0.15, 0.2) is 0 Å². The molecule has 1 amide bonds. The van der Waals surface area contributed by atoms with Gasteiger partial charge in [-0.05, 0) is 56.5 Å². The molecule has 1 N–H and O–H groups in total. The van der Waals surface area contributed by atoms with Gasteiger partial charge in [0, 0.05) is 25.6 Å². The van der Waals surface area contributed by atoms with Crippen LogP contribution in [-0.2, 0) is 4.79 Å². The summed E-state index contributed by atoms with van der Waals surface area (Å²) in [7, 11) is 0. The number of halogens is 1. The van der Waals surface area contributed by atoms with Gasteiger partial charge in [-0.3, -0.25) is 4.79 Å². The summed E-state index contributed by atoms with van der Waals surface area (Å²) in [5.41, 5.74) is 0. The molecule has 128 valence electrons. The molecular weight excluding hydrogens is 295 g/mol. The van der Waals surface area contributed by atoms with Crippen molar-refractivity contribution in [1.82, 2.24) is 10.2 Å². The Kier molecular flexibility index (Phi) is 7.33. The lowest BCUT2D eigenvalue weighted by Gasteiger charge is -2.32. The summed E-state index contributed by atoms with van der Waals surface area (Å²) in [5.74, 6) is 0.635. The minimum atomic E-state index is -0.240. The van der Waals surface area contributed by atoms with E-state index < -0.39 is 0 Å². The topological polar surface area (TPSA) is 41.6 Å². The van der Waals surface area contributed by atoms with E-state index in [0.717, 1.165) is 51.1 Å². The number of unbranched alkanes of at least 4 members (excludes halogenated alkanes) is 1. The summed E-state index contributed by atoms with van der Waals surface area (Å²) in [6.07, 6.45) is 4.72. The molecule has 1 aliphatic rings. The average Bonchev–Trinajstić information content (AvgIpc) is 2.57. The Balaban J connectivity index is 1.52. The number of hydrogen-bond donors (Lipinski definition) is 1. The molecule has 5 heteroatoms. The number of carbonyl (C=O) groups excluding carboxylic acids is 1. The number of nitrogens with one attached hydrogen (secondary N) is 1. The first-order chi connectivity index (χ1) is 11.2. The molecule has 0 aliphatic carbocycles. The summed E-state index contributed by atoms with van der Waals surface area (Å²) in [6, 6.07) is 6.49. The highest BCUT2D eigenvalue weighted by Crippen LogP contribution is 2.13. The Morgan fingerprint density at radius 3 is 2.61 bits per heavy atom. The third kappa shape index (κ3) is 6.57. The predicted molar refractivity (Wildman–Crippen MR) is 89.0 cm³/mol. The largest absolute Gasteiger partial charge is 0.494 e. The lowest BCUT2D eigenvalue weighted by atomic mass is 10.0. The molecule has 0 radical (unpaired) electrons. The van der Waals surface area contributed by atoms with E-state index in [9.17, 15) is 9.18 Å². The summed E-state index contributed by atoms with van der Waals surface area (Å²) >= 11 is 0. The van der Waals surface area contributed by atoms with Gasteiger partial charge in [0.05, 0.1) is 6.61 Å². The zero-order valence-electron chi connectivity index (χ0n) is 13.9. The fourth-order valence-electron chi connectivity index (χ4n) is 2.79. The maximum absolute atomic E-state index is 12.8. The van der Waals surface area contributed by atoms with Crippen molar-refractivity contribution in [3.05, 3.63) is 30.1 Å². The minimum absolute atomic E-state index is 0.154. The van der Waals surface area contributed by atoms with Crippen LogP contribution in [0.4, 0.5) is 4.39 Å². The second kappa shape index (κ2) is 9.50. The van der Waals surface area contributed by atoms with Crippen LogP contribution < -0.4 is 10.1 Å². The summed E-state index contributed by atoms with van der Waals surface area (Å²) < 4.78 is 18.4. The van der Waals surface area contributed by atoms with Gasteiger partial charge in [0.25, 0.3) is 0 Å². The zero-order valence-corrected chi connectivity index (χ0v) is 13.9. The van der Waals surface area contributed by atoms with Gasteiger partial charge in [0.2, 0.25) is 5.91 Å². The summed E-state index contributed by atoms with van der Waals surface area (Å²) in [6.45, 7) is 5.72. The number of amides is 1. The SMILES string of the molecule is CCC(=O)NC1CCN(CCCCOc2ccc(F)cc2)CC1. The van der Waals surface area contributed by atoms with E-state index in [0.29, 0.717) is 19.1 Å². The summed E-state index contributed by atoms with van der Waals surface area (Å²) in [5, 5.41) is 3.08. The Labute approximate surface area is 138 Å². The molecule has 1 heterocycles. The van der Waals surface area contributed by atoms with E-state index in [-0.39, 0.29) is 11.7 Å². The van der Waals surface area contributed by atoms with E-state index in [4.69, 9.17) is 4.74 Å². The first-order valence-electron chi connectivity index (χ1n) is 8.57. The molecule has 0 unspecified atom stereocenters. The molecule has 1 aliphatic heterocycles. The van der Waals surface area contributed by atoms with E-state index in [1.165, 1.54) is 12.1 Å². The van der Waals surface area contributed by atoms with Crippen LogP contribution in [0.2, 0.25) is 0 Å². The first kappa shape index (κ1) is 17.7. The molecule has 0 aromatic heterocycles. The quantitative estimate of drug-likeness (QED) is 0.748. The van der Waals surface area contributed by atoms with Crippen molar-refractivity contribution in [2.45, 2.75) is 45.1 Å². The number of piperidine rings is 1. The van der Waals surface area contributed by atoms with Crippen LogP contribution in [0.5, 0.6) is 5.75 Å². The molecular formula is C18H27FN2O2. The lowest BCUT2D eigenvalue weighted by Crippen LogP contribution is -2.44. The molecule has 1 saturated heterocycles. The molecule has 1 aromatic rings. The molecule has 0 saturated carbocycles. The predicted octanol–water partition coefficient (Wildman–Crippen LogP) is 2.98. The Morgan fingerprint density at radius 2 is 1.96 bits per heavy atom. The van der Waals surface area contributed by atoms with Crippen LogP contribution >= 0.6 is 0 Å². The van der Waals surface area contributed by atoms with E-state index in [1.807, 2.05) is 6.92 Å². The van der Waals surface area contributed by atoms with Crippen LogP contribution in [0.25, 0.3) is 0 Å². The Hall–Kier alpha value is -1.62. The van der Waals surface area contributed by atoms with Crippen LogP contribution in [-0.4, -0.2) is 43.1 Å². The number of hydrogen-bond acceptors (Lipinski definition) is 3. The number of ether oxygens (including phenoxy) is 1. The third-order valence-corrected chi connectivity index (χ3v) is 4.22. The third-order valence-electron chi connectivity index (χ3n) is 4.22. The lowest BCUT2D eigenvalue weighted by molar-refractivity contribution is -0.121. The van der Waals surface area contributed by atoms with E-state index in [1.54, 1.807) is 12.1 Å². The zero-order chi connectivity index (χ0) is 16.5. The Morgan fingerprint density at radius 1 is 1.26 bits per heavy atom. The monoisotopic (exact) mass is 322 g/mol. The van der Waals surface area contributed by atoms with Gasteiger partial charge < -0.3 is 15.0 Å². The van der Waals surface area contributed by atoms with Gasteiger partial charge in [-0.25, -0.2) is 4.39 Å². The van der Waals surface area contributed by atoms with E-state index in [2.05, 4.69) is 10.2 Å². The van der Waals surface area contributed by atoms with Gasteiger partial charge in [-0.15, -0.1) is 0 Å². The van der Waals surface area contributed by atoms with Crippen molar-refractivity contribution in [1.29, 1.82) is 0 Å². The van der Waals surface area contributed by atoms with Crippen molar-refractivity contribution in [2.75, 3.05) is 26.2 Å². The number of carbonyl (C=O) groups is 1. The molecule has 0 bridgehead atoms. The van der Waals surface area contributed by atoms with Crippen molar-refractivity contribution in [3.63, 3.8) is 0 Å². The van der Waals surface area contributed by atoms with Gasteiger partial charge in [-0.2, -0.15) is 0 Å². The average molecular weight is 322 g/mol. The van der Waals surface area contributed by atoms with Gasteiger partial charge in [0.1, 0.15) is 11.6 Å². The van der Waals surface area contributed by atoms with Crippen LogP contribution in [0.15, 0.2) is 24.3 Å². The van der Waals surface area contributed by atoms with Gasteiger partial charge in [-0.1, -0.05) is 6.92 Å². The molecule has 0 spiro atoms. The first-order valence-corrected chi connectivity index (χ1v) is 8.57. The molecule has 0 atom stereocenters. The molecule has 1 fully saturated rings. The fourth-order valence-corrected chi connectivity index (χ4v) is 2.79. The van der Waals surface area contributed by atoms with Gasteiger partial charge >= 0.3 is 0 Å². The highest BCUT2D eigenvalue weighted by Gasteiger charge is 2.19. The molecule has 4 nitrogen and oxygen atoms in total.